The average Bonchev–Trinajstić information content (AvgIpc) is 2.55. The molecule has 0 bridgehead atoms. The number of amides is 2. The van der Waals surface area contributed by atoms with Crippen molar-refractivity contribution >= 4 is 22.6 Å². The second-order valence-corrected chi connectivity index (χ2v) is 5.88. The van der Waals surface area contributed by atoms with E-state index in [2.05, 4.69) is 59.8 Å². The Kier molecular flexibility index (Phi) is 4.47. The average molecular weight is 319 g/mol. The lowest BCUT2D eigenvalue weighted by molar-refractivity contribution is 0.252. The highest BCUT2D eigenvalue weighted by atomic mass is 16.2. The zero-order chi connectivity index (χ0) is 17.1. The lowest BCUT2D eigenvalue weighted by Crippen LogP contribution is -2.28. The Morgan fingerprint density at radius 1 is 1.08 bits per heavy atom. The number of anilines is 1. The molecular formula is C20H21N3O. The highest BCUT2D eigenvalue weighted by molar-refractivity contribution is 5.94. The van der Waals surface area contributed by atoms with Crippen molar-refractivity contribution in [2.75, 3.05) is 11.9 Å². The highest BCUT2D eigenvalue weighted by Gasteiger charge is 2.08. The summed E-state index contributed by atoms with van der Waals surface area (Å²) in [4.78, 5) is 16.0. The summed E-state index contributed by atoms with van der Waals surface area (Å²) in [6.45, 7) is 6.66. The molecule has 0 unspecified atom stereocenters. The molecule has 1 heterocycles. The molecule has 4 nitrogen and oxygen atoms in total. The Hall–Kier alpha value is -2.88. The van der Waals surface area contributed by atoms with Crippen LogP contribution in [0.4, 0.5) is 10.6 Å². The normalized spacial score (nSPS) is 10.6. The summed E-state index contributed by atoms with van der Waals surface area (Å²) in [5, 5.41) is 7.63. The Balaban J connectivity index is 2.05. The first-order valence-corrected chi connectivity index (χ1v) is 8.09. The molecule has 3 aromatic rings. The number of aryl methyl sites for hydroxylation is 2. The van der Waals surface area contributed by atoms with Gasteiger partial charge in [-0.3, -0.25) is 5.32 Å². The summed E-state index contributed by atoms with van der Waals surface area (Å²) in [5.41, 5.74) is 4.81. The second-order valence-electron chi connectivity index (χ2n) is 5.88. The summed E-state index contributed by atoms with van der Waals surface area (Å²) >= 11 is 0. The molecule has 1 aromatic heterocycles. The first kappa shape index (κ1) is 16.0. The molecule has 122 valence electrons. The topological polar surface area (TPSA) is 54.0 Å². The van der Waals surface area contributed by atoms with Crippen molar-refractivity contribution in [3.63, 3.8) is 0 Å². The van der Waals surface area contributed by atoms with Crippen LogP contribution in [0.2, 0.25) is 0 Å². The Morgan fingerprint density at radius 2 is 1.88 bits per heavy atom. The Morgan fingerprint density at radius 3 is 2.62 bits per heavy atom. The summed E-state index contributed by atoms with van der Waals surface area (Å²) in [7, 11) is 0. The van der Waals surface area contributed by atoms with Gasteiger partial charge in [-0.15, -0.1) is 0 Å². The van der Waals surface area contributed by atoms with E-state index in [0.717, 1.165) is 10.8 Å². The van der Waals surface area contributed by atoms with Crippen LogP contribution >= 0.6 is 0 Å². The number of urea groups is 1. The zero-order valence-corrected chi connectivity index (χ0v) is 14.2. The van der Waals surface area contributed by atoms with Crippen LogP contribution in [0, 0.1) is 13.8 Å². The predicted octanol–water partition coefficient (Wildman–Crippen LogP) is 4.66. The predicted molar refractivity (Wildman–Crippen MR) is 99.3 cm³/mol. The number of carbonyl (C=O) groups is 1. The van der Waals surface area contributed by atoms with Crippen LogP contribution < -0.4 is 10.6 Å². The highest BCUT2D eigenvalue weighted by Crippen LogP contribution is 2.30. The van der Waals surface area contributed by atoms with Gasteiger partial charge in [0.2, 0.25) is 0 Å². The van der Waals surface area contributed by atoms with E-state index in [1.807, 2.05) is 25.3 Å². The van der Waals surface area contributed by atoms with Crippen LogP contribution in [0.25, 0.3) is 21.9 Å². The van der Waals surface area contributed by atoms with E-state index in [0.29, 0.717) is 12.4 Å². The fourth-order valence-corrected chi connectivity index (χ4v) is 2.88. The van der Waals surface area contributed by atoms with Gasteiger partial charge in [-0.2, -0.15) is 0 Å². The number of nitrogens with one attached hydrogen (secondary N) is 2. The minimum absolute atomic E-state index is 0.240. The van der Waals surface area contributed by atoms with Crippen LogP contribution in [0.1, 0.15) is 18.1 Å². The Labute approximate surface area is 141 Å². The molecule has 4 heteroatoms. The molecule has 0 saturated carbocycles. The van der Waals surface area contributed by atoms with Gasteiger partial charge in [-0.25, -0.2) is 9.78 Å². The fraction of sp³-hybridized carbons (Fsp3) is 0.200. The maximum atomic E-state index is 11.7. The number of hydrogen-bond acceptors (Lipinski definition) is 2. The molecule has 0 spiro atoms. The van der Waals surface area contributed by atoms with Crippen LogP contribution in [0.5, 0.6) is 0 Å². The quantitative estimate of drug-likeness (QED) is 0.737. The number of fused-ring (bicyclic) bond motifs is 1. The van der Waals surface area contributed by atoms with E-state index in [1.54, 1.807) is 0 Å². The van der Waals surface area contributed by atoms with Crippen LogP contribution in [-0.4, -0.2) is 17.6 Å². The maximum Gasteiger partial charge on any atom is 0.320 e. The van der Waals surface area contributed by atoms with E-state index in [4.69, 9.17) is 0 Å². The monoisotopic (exact) mass is 319 g/mol. The van der Waals surface area contributed by atoms with Crippen molar-refractivity contribution in [2.24, 2.45) is 0 Å². The van der Waals surface area contributed by atoms with Crippen molar-refractivity contribution in [1.82, 2.24) is 10.3 Å². The van der Waals surface area contributed by atoms with Gasteiger partial charge in [0, 0.05) is 18.1 Å². The third-order valence-electron chi connectivity index (χ3n) is 4.08. The minimum atomic E-state index is -0.240. The molecule has 0 aliphatic heterocycles. The largest absolute Gasteiger partial charge is 0.338 e. The van der Waals surface area contributed by atoms with Crippen LogP contribution in [-0.2, 0) is 0 Å². The summed E-state index contributed by atoms with van der Waals surface area (Å²) < 4.78 is 0. The fourth-order valence-electron chi connectivity index (χ4n) is 2.88. The van der Waals surface area contributed by atoms with Crippen molar-refractivity contribution in [2.45, 2.75) is 20.8 Å². The van der Waals surface area contributed by atoms with Gasteiger partial charge in [-0.1, -0.05) is 30.3 Å². The van der Waals surface area contributed by atoms with Gasteiger partial charge in [-0.05, 0) is 60.5 Å². The molecule has 0 atom stereocenters. The third-order valence-corrected chi connectivity index (χ3v) is 4.08. The summed E-state index contributed by atoms with van der Waals surface area (Å²) in [6, 6.07) is 14.4. The summed E-state index contributed by atoms with van der Waals surface area (Å²) in [5.74, 6) is 0.551. The van der Waals surface area contributed by atoms with Crippen molar-refractivity contribution in [1.29, 1.82) is 0 Å². The van der Waals surface area contributed by atoms with Gasteiger partial charge in [0.1, 0.15) is 5.82 Å². The molecule has 2 aromatic carbocycles. The number of benzene rings is 2. The van der Waals surface area contributed by atoms with Gasteiger partial charge < -0.3 is 5.32 Å². The van der Waals surface area contributed by atoms with E-state index in [9.17, 15) is 4.79 Å². The zero-order valence-electron chi connectivity index (χ0n) is 14.2. The molecule has 0 radical (unpaired) electrons. The first-order valence-electron chi connectivity index (χ1n) is 8.09. The lowest BCUT2D eigenvalue weighted by Gasteiger charge is -2.11. The van der Waals surface area contributed by atoms with Crippen LogP contribution in [0.3, 0.4) is 0 Å². The minimum Gasteiger partial charge on any atom is -0.338 e. The lowest BCUT2D eigenvalue weighted by atomic mass is 9.96. The molecule has 0 aliphatic carbocycles. The van der Waals surface area contributed by atoms with Gasteiger partial charge in [0.05, 0.1) is 0 Å². The van der Waals surface area contributed by atoms with Gasteiger partial charge in [0.15, 0.2) is 0 Å². The van der Waals surface area contributed by atoms with E-state index in [-0.39, 0.29) is 6.03 Å². The van der Waals surface area contributed by atoms with Crippen molar-refractivity contribution < 1.29 is 4.79 Å². The number of aromatic nitrogens is 1. The number of hydrogen-bond donors (Lipinski definition) is 2. The standard InChI is InChI=1S/C20H21N3O/c1-4-21-20(24)23-19-11-16-10-15(9-14(3)18(16)12-22-19)17-8-6-5-7-13(17)2/h5-12H,4H2,1-3H3,(H2,21,22,23,24). The van der Waals surface area contributed by atoms with Gasteiger partial charge >= 0.3 is 6.03 Å². The third kappa shape index (κ3) is 3.23. The second kappa shape index (κ2) is 6.71. The molecule has 24 heavy (non-hydrogen) atoms. The molecule has 3 rings (SSSR count). The van der Waals surface area contributed by atoms with E-state index in [1.165, 1.54) is 22.3 Å². The molecule has 0 fully saturated rings. The maximum absolute atomic E-state index is 11.7. The SMILES string of the molecule is CCNC(=O)Nc1cc2cc(-c3ccccc3C)cc(C)c2cn1. The van der Waals surface area contributed by atoms with Gasteiger partial charge in [0.25, 0.3) is 0 Å². The number of nitrogens with zero attached hydrogens (tertiary/aromatic N) is 1. The molecule has 2 amide bonds. The molecular weight excluding hydrogens is 298 g/mol. The number of carbonyl (C=O) groups excluding carboxylic acids is 1. The van der Waals surface area contributed by atoms with Crippen molar-refractivity contribution in [3.8, 4) is 11.1 Å². The molecule has 0 saturated heterocycles. The van der Waals surface area contributed by atoms with Crippen LogP contribution in [0.15, 0.2) is 48.7 Å². The van der Waals surface area contributed by atoms with E-state index >= 15 is 0 Å². The Bertz CT molecular complexity index is 903. The van der Waals surface area contributed by atoms with Crippen molar-refractivity contribution in [3.05, 3.63) is 59.8 Å². The molecule has 2 N–H and O–H groups in total. The first-order chi connectivity index (χ1) is 11.6. The molecule has 0 aliphatic rings. The van der Waals surface area contributed by atoms with E-state index < -0.39 is 0 Å². The number of rotatable bonds is 3. The number of pyridine rings is 1. The smallest absolute Gasteiger partial charge is 0.320 e. The summed E-state index contributed by atoms with van der Waals surface area (Å²) in [6.07, 6.45) is 1.81.